The molecule has 1 aliphatic rings. The van der Waals surface area contributed by atoms with E-state index in [0.29, 0.717) is 22.9 Å². The van der Waals surface area contributed by atoms with Crippen LogP contribution >= 0.6 is 0 Å². The van der Waals surface area contributed by atoms with Gasteiger partial charge in [-0.15, -0.1) is 0 Å². The standard InChI is InChI=1S/C14H16N4/c1-18-7-5-13(6-8-18)17-14-11(9-15)3-2-4-12(14)10-16/h2-4,13,17H,5-8H2,1H3. The van der Waals surface area contributed by atoms with Gasteiger partial charge in [0.05, 0.1) is 16.8 Å². The number of rotatable bonds is 2. The van der Waals surface area contributed by atoms with E-state index in [9.17, 15) is 0 Å². The quantitative estimate of drug-likeness (QED) is 0.858. The zero-order valence-electron chi connectivity index (χ0n) is 10.5. The molecule has 1 saturated heterocycles. The molecular weight excluding hydrogens is 224 g/mol. The third-order valence-corrected chi connectivity index (χ3v) is 3.37. The summed E-state index contributed by atoms with van der Waals surface area (Å²) in [6.07, 6.45) is 2.09. The molecule has 0 unspecified atom stereocenters. The van der Waals surface area contributed by atoms with Crippen molar-refractivity contribution in [2.45, 2.75) is 18.9 Å². The van der Waals surface area contributed by atoms with Crippen LogP contribution in [0.15, 0.2) is 18.2 Å². The third-order valence-electron chi connectivity index (χ3n) is 3.37. The number of nitrogens with zero attached hydrogens (tertiary/aromatic N) is 3. The lowest BCUT2D eigenvalue weighted by molar-refractivity contribution is 0.264. The Labute approximate surface area is 107 Å². The number of anilines is 1. The summed E-state index contributed by atoms with van der Waals surface area (Å²) in [5.74, 6) is 0. The van der Waals surface area contributed by atoms with E-state index < -0.39 is 0 Å². The molecule has 1 aromatic rings. The maximum absolute atomic E-state index is 9.10. The van der Waals surface area contributed by atoms with Gasteiger partial charge in [0.1, 0.15) is 12.1 Å². The average molecular weight is 240 g/mol. The summed E-state index contributed by atoms with van der Waals surface area (Å²) in [5, 5.41) is 21.6. The molecule has 0 aliphatic carbocycles. The molecule has 1 aromatic carbocycles. The first-order valence-electron chi connectivity index (χ1n) is 6.13. The van der Waals surface area contributed by atoms with Gasteiger partial charge in [0.25, 0.3) is 0 Å². The van der Waals surface area contributed by atoms with Crippen LogP contribution in [0.4, 0.5) is 5.69 Å². The topological polar surface area (TPSA) is 62.9 Å². The van der Waals surface area contributed by atoms with Crippen LogP contribution in [0.3, 0.4) is 0 Å². The normalized spacial score (nSPS) is 16.8. The molecule has 92 valence electrons. The Kier molecular flexibility index (Phi) is 3.82. The second-order valence-corrected chi connectivity index (χ2v) is 4.67. The minimum Gasteiger partial charge on any atom is -0.380 e. The van der Waals surface area contributed by atoms with Gasteiger partial charge in [0.2, 0.25) is 0 Å². The van der Waals surface area contributed by atoms with E-state index in [0.717, 1.165) is 25.9 Å². The van der Waals surface area contributed by atoms with Crippen molar-refractivity contribution in [2.24, 2.45) is 0 Å². The van der Waals surface area contributed by atoms with Crippen LogP contribution in [0.1, 0.15) is 24.0 Å². The number of nitrogens with one attached hydrogen (secondary N) is 1. The van der Waals surface area contributed by atoms with Crippen LogP contribution in [0.2, 0.25) is 0 Å². The Morgan fingerprint density at radius 2 is 1.72 bits per heavy atom. The summed E-state index contributed by atoms with van der Waals surface area (Å²) in [7, 11) is 2.11. The maximum Gasteiger partial charge on any atom is 0.101 e. The summed E-state index contributed by atoms with van der Waals surface area (Å²) >= 11 is 0. The van der Waals surface area contributed by atoms with Crippen molar-refractivity contribution in [3.63, 3.8) is 0 Å². The van der Waals surface area contributed by atoms with Crippen molar-refractivity contribution in [3.05, 3.63) is 29.3 Å². The lowest BCUT2D eigenvalue weighted by Gasteiger charge is -2.30. The summed E-state index contributed by atoms with van der Waals surface area (Å²) in [6, 6.07) is 9.88. The number of likely N-dealkylation sites (tertiary alicyclic amines) is 1. The average Bonchev–Trinajstić information content (AvgIpc) is 2.41. The first-order chi connectivity index (χ1) is 8.74. The van der Waals surface area contributed by atoms with E-state index in [1.807, 2.05) is 0 Å². The zero-order valence-corrected chi connectivity index (χ0v) is 10.5. The fourth-order valence-corrected chi connectivity index (χ4v) is 2.25. The Bertz CT molecular complexity index is 469. The molecule has 4 nitrogen and oxygen atoms in total. The van der Waals surface area contributed by atoms with Gasteiger partial charge in [-0.05, 0) is 45.1 Å². The van der Waals surface area contributed by atoms with Crippen LogP contribution in [0.5, 0.6) is 0 Å². The lowest BCUT2D eigenvalue weighted by atomic mass is 10.0. The number of hydrogen-bond acceptors (Lipinski definition) is 4. The van der Waals surface area contributed by atoms with Crippen LogP contribution in [0, 0.1) is 22.7 Å². The number of benzene rings is 1. The highest BCUT2D eigenvalue weighted by Gasteiger charge is 2.18. The molecule has 1 fully saturated rings. The highest BCUT2D eigenvalue weighted by molar-refractivity contribution is 5.66. The Hall–Kier alpha value is -2.04. The number of piperidine rings is 1. The van der Waals surface area contributed by atoms with Gasteiger partial charge < -0.3 is 10.2 Å². The van der Waals surface area contributed by atoms with Crippen molar-refractivity contribution in [1.82, 2.24) is 4.90 Å². The summed E-state index contributed by atoms with van der Waals surface area (Å²) in [6.45, 7) is 2.10. The molecule has 2 rings (SSSR count). The van der Waals surface area contributed by atoms with Gasteiger partial charge in [0, 0.05) is 6.04 Å². The van der Waals surface area contributed by atoms with Crippen molar-refractivity contribution in [2.75, 3.05) is 25.5 Å². The second-order valence-electron chi connectivity index (χ2n) is 4.67. The molecule has 4 heteroatoms. The molecule has 0 radical (unpaired) electrons. The molecule has 0 atom stereocenters. The Morgan fingerprint density at radius 3 is 2.22 bits per heavy atom. The van der Waals surface area contributed by atoms with E-state index in [1.165, 1.54) is 0 Å². The fraction of sp³-hybridized carbons (Fsp3) is 0.429. The fourth-order valence-electron chi connectivity index (χ4n) is 2.25. The van der Waals surface area contributed by atoms with Crippen LogP contribution in [-0.4, -0.2) is 31.1 Å². The molecule has 0 bridgehead atoms. The maximum atomic E-state index is 9.10. The molecule has 18 heavy (non-hydrogen) atoms. The van der Waals surface area contributed by atoms with Crippen LogP contribution in [0.25, 0.3) is 0 Å². The highest BCUT2D eigenvalue weighted by Crippen LogP contribution is 2.23. The smallest absolute Gasteiger partial charge is 0.101 e. The summed E-state index contributed by atoms with van der Waals surface area (Å²) in [5.41, 5.74) is 1.79. The van der Waals surface area contributed by atoms with E-state index in [2.05, 4.69) is 29.4 Å². The molecule has 0 spiro atoms. The number of para-hydroxylation sites is 1. The van der Waals surface area contributed by atoms with E-state index in [1.54, 1.807) is 18.2 Å². The van der Waals surface area contributed by atoms with E-state index in [4.69, 9.17) is 10.5 Å². The minimum absolute atomic E-state index is 0.350. The van der Waals surface area contributed by atoms with Crippen molar-refractivity contribution in [3.8, 4) is 12.1 Å². The minimum atomic E-state index is 0.350. The van der Waals surface area contributed by atoms with Gasteiger partial charge in [-0.25, -0.2) is 0 Å². The largest absolute Gasteiger partial charge is 0.380 e. The molecule has 0 saturated carbocycles. The van der Waals surface area contributed by atoms with Gasteiger partial charge in [0.15, 0.2) is 0 Å². The Balaban J connectivity index is 2.19. The molecule has 0 aromatic heterocycles. The molecule has 0 amide bonds. The monoisotopic (exact) mass is 240 g/mol. The van der Waals surface area contributed by atoms with Gasteiger partial charge >= 0.3 is 0 Å². The second kappa shape index (κ2) is 5.53. The lowest BCUT2D eigenvalue weighted by Crippen LogP contribution is -2.37. The highest BCUT2D eigenvalue weighted by atomic mass is 15.1. The van der Waals surface area contributed by atoms with Gasteiger partial charge in [-0.1, -0.05) is 6.07 Å². The summed E-state index contributed by atoms with van der Waals surface area (Å²) < 4.78 is 0. The predicted molar refractivity (Wildman–Crippen MR) is 70.0 cm³/mol. The van der Waals surface area contributed by atoms with Crippen LogP contribution in [-0.2, 0) is 0 Å². The van der Waals surface area contributed by atoms with Crippen molar-refractivity contribution >= 4 is 5.69 Å². The first-order valence-corrected chi connectivity index (χ1v) is 6.13. The van der Waals surface area contributed by atoms with Crippen molar-refractivity contribution < 1.29 is 0 Å². The van der Waals surface area contributed by atoms with E-state index >= 15 is 0 Å². The molecule has 1 aliphatic heterocycles. The van der Waals surface area contributed by atoms with Crippen LogP contribution < -0.4 is 5.32 Å². The number of nitriles is 2. The molecule has 1 N–H and O–H groups in total. The van der Waals surface area contributed by atoms with E-state index in [-0.39, 0.29) is 0 Å². The summed E-state index contributed by atoms with van der Waals surface area (Å²) in [4.78, 5) is 2.29. The van der Waals surface area contributed by atoms with Gasteiger partial charge in [-0.3, -0.25) is 0 Å². The molecule has 1 heterocycles. The first kappa shape index (κ1) is 12.4. The van der Waals surface area contributed by atoms with Crippen molar-refractivity contribution in [1.29, 1.82) is 10.5 Å². The zero-order chi connectivity index (χ0) is 13.0. The van der Waals surface area contributed by atoms with Gasteiger partial charge in [-0.2, -0.15) is 10.5 Å². The Morgan fingerprint density at radius 1 is 1.17 bits per heavy atom. The SMILES string of the molecule is CN1CCC(Nc2c(C#N)cccc2C#N)CC1. The third kappa shape index (κ3) is 2.61. The predicted octanol–water partition coefficient (Wildman–Crippen LogP) is 1.94. The molecular formula is C14H16N4. The number of hydrogen-bond donors (Lipinski definition) is 1.